The summed E-state index contributed by atoms with van der Waals surface area (Å²) in [4.78, 5) is 32.1. The van der Waals surface area contributed by atoms with E-state index in [1.54, 1.807) is 11.4 Å². The Morgan fingerprint density at radius 1 is 1.69 bits per heavy atom. The molecule has 0 saturated heterocycles. The quantitative estimate of drug-likeness (QED) is 0.470. The molecule has 1 rings (SSSR count). The van der Waals surface area contributed by atoms with Gasteiger partial charge in [0.25, 0.3) is 11.8 Å². The van der Waals surface area contributed by atoms with Crippen LogP contribution in [0.1, 0.15) is 6.42 Å². The SMILES string of the molecule is N#CC(CC1=CC(F)C(=O)NC1=O)NC=O. The molecular weight excluding hydrogens is 217 g/mol. The number of nitrogens with zero attached hydrogens (tertiary/aromatic N) is 1. The Morgan fingerprint density at radius 3 is 2.94 bits per heavy atom. The molecule has 0 aromatic rings. The second-order valence-electron chi connectivity index (χ2n) is 3.08. The normalized spacial score (nSPS) is 21.5. The van der Waals surface area contributed by atoms with E-state index < -0.39 is 24.0 Å². The molecule has 16 heavy (non-hydrogen) atoms. The highest BCUT2D eigenvalue weighted by molar-refractivity contribution is 6.09. The first-order valence-electron chi connectivity index (χ1n) is 4.37. The van der Waals surface area contributed by atoms with Crippen molar-refractivity contribution in [2.45, 2.75) is 18.6 Å². The molecule has 0 radical (unpaired) electrons. The highest BCUT2D eigenvalue weighted by atomic mass is 19.1. The third kappa shape index (κ3) is 2.63. The summed E-state index contributed by atoms with van der Waals surface area (Å²) >= 11 is 0. The maximum Gasteiger partial charge on any atom is 0.265 e. The predicted octanol–water partition coefficient (Wildman–Crippen LogP) is -1.06. The van der Waals surface area contributed by atoms with Gasteiger partial charge in [0.05, 0.1) is 6.07 Å². The van der Waals surface area contributed by atoms with Crippen LogP contribution in [-0.4, -0.2) is 30.4 Å². The summed E-state index contributed by atoms with van der Waals surface area (Å²) in [7, 11) is 0. The van der Waals surface area contributed by atoms with E-state index in [2.05, 4.69) is 5.32 Å². The average molecular weight is 225 g/mol. The number of nitrogens with one attached hydrogen (secondary N) is 2. The zero-order valence-corrected chi connectivity index (χ0v) is 8.07. The number of amides is 3. The fraction of sp³-hybridized carbons (Fsp3) is 0.333. The molecule has 1 aliphatic heterocycles. The Labute approximate surface area is 90.1 Å². The number of carbonyl (C=O) groups excluding carboxylic acids is 3. The molecule has 7 heteroatoms. The average Bonchev–Trinajstić information content (AvgIpc) is 2.25. The van der Waals surface area contributed by atoms with Crippen LogP contribution in [0.4, 0.5) is 4.39 Å². The van der Waals surface area contributed by atoms with Crippen LogP contribution in [0.5, 0.6) is 0 Å². The second kappa shape index (κ2) is 5.02. The van der Waals surface area contributed by atoms with Gasteiger partial charge in [-0.1, -0.05) is 0 Å². The maximum absolute atomic E-state index is 12.9. The summed E-state index contributed by atoms with van der Waals surface area (Å²) in [6.45, 7) is 0. The summed E-state index contributed by atoms with van der Waals surface area (Å²) in [5.74, 6) is -1.77. The minimum atomic E-state index is -1.90. The van der Waals surface area contributed by atoms with Crippen LogP contribution >= 0.6 is 0 Å². The highest BCUT2D eigenvalue weighted by Crippen LogP contribution is 2.13. The molecule has 2 N–H and O–H groups in total. The van der Waals surface area contributed by atoms with E-state index >= 15 is 0 Å². The van der Waals surface area contributed by atoms with Gasteiger partial charge >= 0.3 is 0 Å². The molecule has 1 aliphatic rings. The molecule has 2 atom stereocenters. The first-order chi connectivity index (χ1) is 7.58. The van der Waals surface area contributed by atoms with Crippen molar-refractivity contribution in [2.24, 2.45) is 0 Å². The molecule has 0 aromatic heterocycles. The zero-order valence-electron chi connectivity index (χ0n) is 8.07. The van der Waals surface area contributed by atoms with Crippen molar-refractivity contribution in [2.75, 3.05) is 0 Å². The van der Waals surface area contributed by atoms with Gasteiger partial charge in [0.2, 0.25) is 6.41 Å². The Balaban J connectivity index is 2.76. The topological polar surface area (TPSA) is 99.1 Å². The van der Waals surface area contributed by atoms with Crippen LogP contribution < -0.4 is 10.6 Å². The van der Waals surface area contributed by atoms with Crippen molar-refractivity contribution in [3.63, 3.8) is 0 Å². The molecule has 0 spiro atoms. The Kier molecular flexibility index (Phi) is 3.72. The molecule has 1 heterocycles. The smallest absolute Gasteiger partial charge is 0.265 e. The van der Waals surface area contributed by atoms with Crippen LogP contribution in [0.25, 0.3) is 0 Å². The number of alkyl halides is 1. The molecule has 6 nitrogen and oxygen atoms in total. The fourth-order valence-electron chi connectivity index (χ4n) is 1.19. The van der Waals surface area contributed by atoms with Gasteiger partial charge in [0.15, 0.2) is 6.17 Å². The molecule has 0 saturated carbocycles. The van der Waals surface area contributed by atoms with E-state index in [4.69, 9.17) is 5.26 Å². The number of halogens is 1. The van der Waals surface area contributed by atoms with Gasteiger partial charge in [-0.25, -0.2) is 4.39 Å². The minimum Gasteiger partial charge on any atom is -0.343 e. The van der Waals surface area contributed by atoms with Gasteiger partial charge in [-0.05, 0) is 6.08 Å². The molecule has 0 fully saturated rings. The van der Waals surface area contributed by atoms with Crippen LogP contribution in [0.15, 0.2) is 11.6 Å². The Bertz CT molecular complexity index is 399. The minimum absolute atomic E-state index is 0.0343. The number of imide groups is 1. The lowest BCUT2D eigenvalue weighted by Crippen LogP contribution is -2.42. The standard InChI is InChI=1S/C9H8FN3O3/c10-7-2-5(8(15)13-9(7)16)1-6(3-11)12-4-14/h2,4,6-7H,1H2,(H,12,14)(H,13,15,16). The van der Waals surface area contributed by atoms with Gasteiger partial charge in [0.1, 0.15) is 6.04 Å². The molecule has 0 aliphatic carbocycles. The van der Waals surface area contributed by atoms with Crippen molar-refractivity contribution in [3.05, 3.63) is 11.6 Å². The maximum atomic E-state index is 12.9. The summed E-state index contributed by atoms with van der Waals surface area (Å²) in [5, 5.41) is 12.6. The van der Waals surface area contributed by atoms with Gasteiger partial charge < -0.3 is 5.32 Å². The largest absolute Gasteiger partial charge is 0.343 e. The van der Waals surface area contributed by atoms with E-state index in [0.29, 0.717) is 6.41 Å². The van der Waals surface area contributed by atoms with Crippen LogP contribution in [0.2, 0.25) is 0 Å². The second-order valence-corrected chi connectivity index (χ2v) is 3.08. The number of hydrogen-bond donors (Lipinski definition) is 2. The van der Waals surface area contributed by atoms with Gasteiger partial charge in [-0.3, -0.25) is 19.7 Å². The predicted molar refractivity (Wildman–Crippen MR) is 49.3 cm³/mol. The van der Waals surface area contributed by atoms with E-state index in [0.717, 1.165) is 6.08 Å². The summed E-state index contributed by atoms with van der Waals surface area (Å²) in [5.41, 5.74) is -0.0343. The third-order valence-corrected chi connectivity index (χ3v) is 1.98. The number of hydrogen-bond acceptors (Lipinski definition) is 4. The van der Waals surface area contributed by atoms with E-state index in [1.807, 2.05) is 0 Å². The first kappa shape index (κ1) is 11.8. The molecule has 3 amide bonds. The van der Waals surface area contributed by atoms with E-state index in [-0.39, 0.29) is 12.0 Å². The van der Waals surface area contributed by atoms with Crippen molar-refractivity contribution in [3.8, 4) is 6.07 Å². The third-order valence-electron chi connectivity index (χ3n) is 1.98. The van der Waals surface area contributed by atoms with E-state index in [9.17, 15) is 18.8 Å². The number of rotatable bonds is 4. The van der Waals surface area contributed by atoms with Crippen LogP contribution in [-0.2, 0) is 14.4 Å². The first-order valence-corrected chi connectivity index (χ1v) is 4.37. The molecule has 0 aromatic carbocycles. The number of nitriles is 1. The van der Waals surface area contributed by atoms with E-state index in [1.165, 1.54) is 0 Å². The lowest BCUT2D eigenvalue weighted by Gasteiger charge is -2.16. The van der Waals surface area contributed by atoms with Crippen molar-refractivity contribution in [1.82, 2.24) is 10.6 Å². The molecule has 84 valence electrons. The van der Waals surface area contributed by atoms with Gasteiger partial charge in [-0.2, -0.15) is 5.26 Å². The van der Waals surface area contributed by atoms with Crippen molar-refractivity contribution in [1.29, 1.82) is 5.26 Å². The lowest BCUT2D eigenvalue weighted by molar-refractivity contribution is -0.132. The highest BCUT2D eigenvalue weighted by Gasteiger charge is 2.28. The lowest BCUT2D eigenvalue weighted by atomic mass is 10.0. The zero-order chi connectivity index (χ0) is 12.1. The van der Waals surface area contributed by atoms with Crippen molar-refractivity contribution >= 4 is 18.2 Å². The Morgan fingerprint density at radius 2 is 2.38 bits per heavy atom. The van der Waals surface area contributed by atoms with Gasteiger partial charge in [-0.15, -0.1) is 0 Å². The van der Waals surface area contributed by atoms with Gasteiger partial charge in [0, 0.05) is 12.0 Å². The molecular formula is C9H8FN3O3. The van der Waals surface area contributed by atoms with Crippen LogP contribution in [0, 0.1) is 11.3 Å². The summed E-state index contributed by atoms with van der Waals surface area (Å²) < 4.78 is 12.9. The monoisotopic (exact) mass is 225 g/mol. The fourth-order valence-corrected chi connectivity index (χ4v) is 1.19. The number of carbonyl (C=O) groups is 3. The Hall–Kier alpha value is -2.23. The molecule has 2 unspecified atom stereocenters. The summed E-state index contributed by atoms with van der Waals surface area (Å²) in [6, 6.07) is 0.805. The van der Waals surface area contributed by atoms with Crippen molar-refractivity contribution < 1.29 is 18.8 Å². The van der Waals surface area contributed by atoms with Crippen LogP contribution in [0.3, 0.4) is 0 Å². The molecule has 0 bridgehead atoms. The summed E-state index contributed by atoms with van der Waals surface area (Å²) in [6.07, 6.45) is -0.886.